The van der Waals surface area contributed by atoms with Gasteiger partial charge in [-0.1, -0.05) is 43.1 Å². The van der Waals surface area contributed by atoms with Gasteiger partial charge in [-0.3, -0.25) is 9.59 Å². The van der Waals surface area contributed by atoms with Gasteiger partial charge in [0.25, 0.3) is 5.91 Å². The number of carbonyl (C=O) groups excluding carboxylic acids is 2. The summed E-state index contributed by atoms with van der Waals surface area (Å²) in [6, 6.07) is 9.41. The predicted molar refractivity (Wildman–Crippen MR) is 129 cm³/mol. The number of methoxy groups -OCH3 is 2. The van der Waals surface area contributed by atoms with E-state index in [9.17, 15) is 9.59 Å². The standard InChI is InChI=1S/C24H30Cl2N2O5/c1-5-10-27-24(30)22(6-2)28(14-19-20(25)8-7-9-21(19)26)23(29)15-33-18-12-16(31-3)11-17(13-18)32-4/h7-9,11-13,22H,5-6,10,14-15H2,1-4H3,(H,27,30). The molecule has 0 heterocycles. The first kappa shape index (κ1) is 26.6. The van der Waals surface area contributed by atoms with Crippen molar-refractivity contribution in [2.75, 3.05) is 27.4 Å². The van der Waals surface area contributed by atoms with Gasteiger partial charge in [-0.05, 0) is 25.0 Å². The van der Waals surface area contributed by atoms with Gasteiger partial charge in [0.2, 0.25) is 5.91 Å². The lowest BCUT2D eigenvalue weighted by Gasteiger charge is -2.31. The second-order valence-electron chi connectivity index (χ2n) is 7.27. The molecule has 9 heteroatoms. The SMILES string of the molecule is CCCNC(=O)C(CC)N(Cc1c(Cl)cccc1Cl)C(=O)COc1cc(OC)cc(OC)c1. The molecule has 0 saturated heterocycles. The summed E-state index contributed by atoms with van der Waals surface area (Å²) in [5.74, 6) is 0.840. The Labute approximate surface area is 204 Å². The van der Waals surface area contributed by atoms with Crippen LogP contribution in [0.25, 0.3) is 0 Å². The second-order valence-corrected chi connectivity index (χ2v) is 8.09. The summed E-state index contributed by atoms with van der Waals surface area (Å²) in [6.45, 7) is 4.10. The molecule has 0 fully saturated rings. The Balaban J connectivity index is 2.29. The van der Waals surface area contributed by atoms with Gasteiger partial charge >= 0.3 is 0 Å². The van der Waals surface area contributed by atoms with Crippen molar-refractivity contribution in [1.29, 1.82) is 0 Å². The van der Waals surface area contributed by atoms with Gasteiger partial charge in [-0.2, -0.15) is 0 Å². The monoisotopic (exact) mass is 496 g/mol. The summed E-state index contributed by atoms with van der Waals surface area (Å²) in [7, 11) is 3.05. The number of nitrogens with one attached hydrogen (secondary N) is 1. The maximum atomic E-state index is 13.3. The zero-order chi connectivity index (χ0) is 24.4. The number of carbonyl (C=O) groups is 2. The maximum absolute atomic E-state index is 13.3. The normalized spacial score (nSPS) is 11.5. The van der Waals surface area contributed by atoms with Crippen LogP contribution < -0.4 is 19.5 Å². The average Bonchev–Trinajstić information content (AvgIpc) is 2.82. The van der Waals surface area contributed by atoms with E-state index in [1.165, 1.54) is 19.1 Å². The van der Waals surface area contributed by atoms with Crippen molar-refractivity contribution >= 4 is 35.0 Å². The molecule has 2 amide bonds. The molecular formula is C24H30Cl2N2O5. The Hall–Kier alpha value is -2.64. The molecule has 1 N–H and O–H groups in total. The van der Waals surface area contributed by atoms with Crippen LogP contribution in [-0.2, 0) is 16.1 Å². The minimum atomic E-state index is -0.708. The summed E-state index contributed by atoms with van der Waals surface area (Å²) in [5, 5.41) is 3.70. The number of rotatable bonds is 12. The van der Waals surface area contributed by atoms with E-state index in [-0.39, 0.29) is 25.0 Å². The van der Waals surface area contributed by atoms with E-state index in [1.54, 1.807) is 36.4 Å². The van der Waals surface area contributed by atoms with E-state index in [1.807, 2.05) is 13.8 Å². The van der Waals surface area contributed by atoms with E-state index in [0.29, 0.717) is 45.8 Å². The highest BCUT2D eigenvalue weighted by Crippen LogP contribution is 2.29. The molecule has 33 heavy (non-hydrogen) atoms. The van der Waals surface area contributed by atoms with Crippen LogP contribution in [-0.4, -0.2) is 50.1 Å². The van der Waals surface area contributed by atoms with Crippen molar-refractivity contribution in [2.24, 2.45) is 0 Å². The molecule has 0 spiro atoms. The van der Waals surface area contributed by atoms with Gasteiger partial charge < -0.3 is 24.4 Å². The van der Waals surface area contributed by atoms with Crippen molar-refractivity contribution in [1.82, 2.24) is 10.2 Å². The third-order valence-electron chi connectivity index (χ3n) is 5.01. The molecule has 2 aromatic carbocycles. The fourth-order valence-corrected chi connectivity index (χ4v) is 3.75. The zero-order valence-electron chi connectivity index (χ0n) is 19.3. The lowest BCUT2D eigenvalue weighted by Crippen LogP contribution is -2.50. The summed E-state index contributed by atoms with van der Waals surface area (Å²) in [4.78, 5) is 27.6. The predicted octanol–water partition coefficient (Wildman–Crippen LogP) is 4.72. The summed E-state index contributed by atoms with van der Waals surface area (Å²) >= 11 is 12.7. The number of nitrogens with zero attached hydrogens (tertiary/aromatic N) is 1. The molecule has 0 bridgehead atoms. The van der Waals surface area contributed by atoms with Crippen LogP contribution >= 0.6 is 23.2 Å². The molecule has 1 atom stereocenters. The van der Waals surface area contributed by atoms with Crippen LogP contribution in [0.15, 0.2) is 36.4 Å². The lowest BCUT2D eigenvalue weighted by molar-refractivity contribution is -0.143. The smallest absolute Gasteiger partial charge is 0.261 e. The number of halogens is 2. The number of amides is 2. The molecule has 0 radical (unpaired) electrons. The lowest BCUT2D eigenvalue weighted by atomic mass is 10.1. The van der Waals surface area contributed by atoms with Crippen LogP contribution in [0, 0.1) is 0 Å². The molecule has 0 aromatic heterocycles. The number of benzene rings is 2. The molecule has 0 aliphatic rings. The van der Waals surface area contributed by atoms with Gasteiger partial charge in [0.1, 0.15) is 23.3 Å². The molecule has 0 saturated carbocycles. The van der Waals surface area contributed by atoms with Crippen molar-refractivity contribution < 1.29 is 23.8 Å². The van der Waals surface area contributed by atoms with Crippen molar-refractivity contribution in [2.45, 2.75) is 39.3 Å². The largest absolute Gasteiger partial charge is 0.496 e. The van der Waals surface area contributed by atoms with Gasteiger partial charge in [0, 0.05) is 46.9 Å². The Bertz CT molecular complexity index is 912. The second kappa shape index (κ2) is 13.2. The Morgan fingerprint density at radius 3 is 2.09 bits per heavy atom. The number of ether oxygens (including phenoxy) is 3. The third kappa shape index (κ3) is 7.44. The van der Waals surface area contributed by atoms with Crippen molar-refractivity contribution in [3.8, 4) is 17.2 Å². The highest BCUT2D eigenvalue weighted by Gasteiger charge is 2.30. The summed E-state index contributed by atoms with van der Waals surface area (Å²) < 4.78 is 16.2. The molecule has 2 rings (SSSR count). The Morgan fingerprint density at radius 1 is 1.00 bits per heavy atom. The van der Waals surface area contributed by atoms with Crippen LogP contribution in [0.5, 0.6) is 17.2 Å². The molecule has 2 aromatic rings. The summed E-state index contributed by atoms with van der Waals surface area (Å²) in [5.41, 5.74) is 0.568. The average molecular weight is 497 g/mol. The van der Waals surface area contributed by atoms with Crippen LogP contribution in [0.2, 0.25) is 10.0 Å². The molecule has 7 nitrogen and oxygen atoms in total. The quantitative estimate of drug-likeness (QED) is 0.459. The van der Waals surface area contributed by atoms with E-state index in [4.69, 9.17) is 37.4 Å². The molecule has 0 aliphatic carbocycles. The highest BCUT2D eigenvalue weighted by atomic mass is 35.5. The van der Waals surface area contributed by atoms with Crippen LogP contribution in [0.1, 0.15) is 32.3 Å². The molecule has 180 valence electrons. The first-order chi connectivity index (χ1) is 15.8. The zero-order valence-corrected chi connectivity index (χ0v) is 20.8. The van der Waals surface area contributed by atoms with Crippen molar-refractivity contribution in [3.63, 3.8) is 0 Å². The van der Waals surface area contributed by atoms with Crippen molar-refractivity contribution in [3.05, 3.63) is 52.0 Å². The van der Waals surface area contributed by atoms with Crippen LogP contribution in [0.4, 0.5) is 0 Å². The number of hydrogen-bond acceptors (Lipinski definition) is 5. The van der Waals surface area contributed by atoms with Crippen LogP contribution in [0.3, 0.4) is 0 Å². The molecule has 1 unspecified atom stereocenters. The minimum Gasteiger partial charge on any atom is -0.496 e. The first-order valence-electron chi connectivity index (χ1n) is 10.7. The third-order valence-corrected chi connectivity index (χ3v) is 5.72. The van der Waals surface area contributed by atoms with Gasteiger partial charge in [-0.15, -0.1) is 0 Å². The Kier molecular flexibility index (Phi) is 10.6. The van der Waals surface area contributed by atoms with E-state index in [2.05, 4.69) is 5.32 Å². The number of hydrogen-bond donors (Lipinski definition) is 1. The first-order valence-corrected chi connectivity index (χ1v) is 11.5. The van der Waals surface area contributed by atoms with Gasteiger partial charge in [-0.25, -0.2) is 0 Å². The highest BCUT2D eigenvalue weighted by molar-refractivity contribution is 6.36. The minimum absolute atomic E-state index is 0.0696. The van der Waals surface area contributed by atoms with E-state index < -0.39 is 6.04 Å². The van der Waals surface area contributed by atoms with Gasteiger partial charge in [0.15, 0.2) is 6.61 Å². The fourth-order valence-electron chi connectivity index (χ4n) is 3.23. The fraction of sp³-hybridized carbons (Fsp3) is 0.417. The molecular weight excluding hydrogens is 467 g/mol. The maximum Gasteiger partial charge on any atom is 0.261 e. The Morgan fingerprint density at radius 2 is 1.58 bits per heavy atom. The topological polar surface area (TPSA) is 77.1 Å². The summed E-state index contributed by atoms with van der Waals surface area (Å²) in [6.07, 6.45) is 1.20. The van der Waals surface area contributed by atoms with E-state index in [0.717, 1.165) is 6.42 Å². The molecule has 0 aliphatic heterocycles. The van der Waals surface area contributed by atoms with E-state index >= 15 is 0 Å². The van der Waals surface area contributed by atoms with Gasteiger partial charge in [0.05, 0.1) is 14.2 Å².